The van der Waals surface area contributed by atoms with Crippen molar-refractivity contribution in [1.29, 1.82) is 0 Å². The molecule has 1 aliphatic rings. The average molecular weight is 360 g/mol. The Balaban J connectivity index is 2.12. The lowest BCUT2D eigenvalue weighted by Crippen LogP contribution is -2.55. The lowest BCUT2D eigenvalue weighted by Gasteiger charge is -2.40. The van der Waals surface area contributed by atoms with E-state index in [1.54, 1.807) is 6.92 Å². The predicted octanol–water partition coefficient (Wildman–Crippen LogP) is 1.93. The maximum Gasteiger partial charge on any atom is 0.163 e. The van der Waals surface area contributed by atoms with Crippen LogP contribution in [0, 0.1) is 5.92 Å². The first-order chi connectivity index (χ1) is 12.0. The minimum atomic E-state index is -1.08. The summed E-state index contributed by atoms with van der Waals surface area (Å²) in [6, 6.07) is 0. The molecule has 6 nitrogen and oxygen atoms in total. The van der Waals surface area contributed by atoms with Crippen molar-refractivity contribution in [2.45, 2.75) is 83.4 Å². The molecule has 6 heteroatoms. The summed E-state index contributed by atoms with van der Waals surface area (Å²) < 4.78 is 11.2. The zero-order valence-electron chi connectivity index (χ0n) is 15.8. The SMILES string of the molecule is C=C(CCCOC1OC(CO)C(O)C(O)C1C)NCCCCCCC. The molecule has 0 aromatic rings. The predicted molar refractivity (Wildman–Crippen MR) is 98.0 cm³/mol. The molecule has 0 amide bonds. The first-order valence-electron chi connectivity index (χ1n) is 9.67. The Kier molecular flexibility index (Phi) is 11.3. The van der Waals surface area contributed by atoms with Gasteiger partial charge in [0.05, 0.1) is 19.3 Å². The highest BCUT2D eigenvalue weighted by molar-refractivity contribution is 4.90. The Bertz CT molecular complexity index is 364. The van der Waals surface area contributed by atoms with Crippen molar-refractivity contribution in [3.05, 3.63) is 12.3 Å². The van der Waals surface area contributed by atoms with Gasteiger partial charge in [-0.1, -0.05) is 46.1 Å². The van der Waals surface area contributed by atoms with Gasteiger partial charge in [0.25, 0.3) is 0 Å². The fourth-order valence-electron chi connectivity index (χ4n) is 2.98. The van der Waals surface area contributed by atoms with Crippen molar-refractivity contribution in [1.82, 2.24) is 5.32 Å². The molecule has 1 saturated heterocycles. The summed E-state index contributed by atoms with van der Waals surface area (Å²) in [5.41, 5.74) is 1.01. The summed E-state index contributed by atoms with van der Waals surface area (Å²) in [7, 11) is 0. The van der Waals surface area contributed by atoms with Crippen LogP contribution in [0.25, 0.3) is 0 Å². The number of ether oxygens (including phenoxy) is 2. The van der Waals surface area contributed by atoms with Crippen LogP contribution in [0.1, 0.15) is 58.8 Å². The molecule has 0 aromatic carbocycles. The van der Waals surface area contributed by atoms with Crippen LogP contribution in [0.15, 0.2) is 12.3 Å². The second-order valence-corrected chi connectivity index (χ2v) is 6.98. The van der Waals surface area contributed by atoms with Gasteiger partial charge in [0.15, 0.2) is 6.29 Å². The minimum Gasteiger partial charge on any atom is -0.394 e. The van der Waals surface area contributed by atoms with E-state index in [2.05, 4.69) is 18.8 Å². The van der Waals surface area contributed by atoms with E-state index >= 15 is 0 Å². The third kappa shape index (κ3) is 8.05. The van der Waals surface area contributed by atoms with E-state index in [0.717, 1.165) is 25.1 Å². The van der Waals surface area contributed by atoms with E-state index in [1.807, 2.05) is 0 Å². The second kappa shape index (κ2) is 12.7. The summed E-state index contributed by atoms with van der Waals surface area (Å²) in [5.74, 6) is -0.345. The quantitative estimate of drug-likeness (QED) is 0.376. The van der Waals surface area contributed by atoms with Gasteiger partial charge in [0.1, 0.15) is 12.2 Å². The molecule has 25 heavy (non-hydrogen) atoms. The Morgan fingerprint density at radius 3 is 2.52 bits per heavy atom. The van der Waals surface area contributed by atoms with Crippen molar-refractivity contribution in [2.24, 2.45) is 5.92 Å². The van der Waals surface area contributed by atoms with Gasteiger partial charge < -0.3 is 30.1 Å². The van der Waals surface area contributed by atoms with E-state index in [0.29, 0.717) is 6.61 Å². The number of rotatable bonds is 13. The Morgan fingerprint density at radius 1 is 1.12 bits per heavy atom. The first kappa shape index (κ1) is 22.4. The van der Waals surface area contributed by atoms with Crippen molar-refractivity contribution in [3.8, 4) is 0 Å². The van der Waals surface area contributed by atoms with Crippen LogP contribution in [0.2, 0.25) is 0 Å². The highest BCUT2D eigenvalue weighted by Gasteiger charge is 2.42. The number of hydrogen-bond acceptors (Lipinski definition) is 6. The molecule has 0 radical (unpaired) electrons. The minimum absolute atomic E-state index is 0.343. The average Bonchev–Trinajstić information content (AvgIpc) is 2.61. The van der Waals surface area contributed by atoms with Gasteiger partial charge in [-0.3, -0.25) is 0 Å². The largest absolute Gasteiger partial charge is 0.394 e. The summed E-state index contributed by atoms with van der Waals surface area (Å²) in [6.45, 7) is 9.12. The van der Waals surface area contributed by atoms with Gasteiger partial charge in [-0.05, 0) is 19.3 Å². The summed E-state index contributed by atoms with van der Waals surface area (Å²) in [5, 5.41) is 32.4. The zero-order chi connectivity index (χ0) is 18.7. The molecular weight excluding hydrogens is 322 g/mol. The van der Waals surface area contributed by atoms with Gasteiger partial charge in [0, 0.05) is 18.2 Å². The Labute approximate surface area is 152 Å². The van der Waals surface area contributed by atoms with E-state index in [-0.39, 0.29) is 12.5 Å². The van der Waals surface area contributed by atoms with Gasteiger partial charge in [-0.2, -0.15) is 0 Å². The van der Waals surface area contributed by atoms with Gasteiger partial charge in [-0.15, -0.1) is 0 Å². The molecule has 1 aliphatic heterocycles. The normalized spacial score (nSPS) is 29.6. The standard InChI is InChI=1S/C19H37NO5/c1-4-5-6-7-8-11-20-14(2)10-9-12-24-19-15(3)17(22)18(23)16(13-21)25-19/h15-23H,2,4-13H2,1,3H3. The monoisotopic (exact) mass is 359 g/mol. The number of allylic oxidation sites excluding steroid dienone is 1. The Hall–Kier alpha value is -0.660. The van der Waals surface area contributed by atoms with Crippen molar-refractivity contribution in [3.63, 3.8) is 0 Å². The third-order valence-corrected chi connectivity index (χ3v) is 4.75. The fraction of sp³-hybridized carbons (Fsp3) is 0.895. The van der Waals surface area contributed by atoms with Gasteiger partial charge >= 0.3 is 0 Å². The zero-order valence-corrected chi connectivity index (χ0v) is 15.8. The highest BCUT2D eigenvalue weighted by Crippen LogP contribution is 2.26. The van der Waals surface area contributed by atoms with Gasteiger partial charge in [0.2, 0.25) is 0 Å². The van der Waals surface area contributed by atoms with Crippen LogP contribution in [-0.4, -0.2) is 59.7 Å². The lowest BCUT2D eigenvalue weighted by molar-refractivity contribution is -0.282. The first-order valence-corrected chi connectivity index (χ1v) is 9.67. The topological polar surface area (TPSA) is 91.2 Å². The van der Waals surface area contributed by atoms with Gasteiger partial charge in [-0.25, -0.2) is 0 Å². The molecule has 148 valence electrons. The van der Waals surface area contributed by atoms with E-state index < -0.39 is 24.6 Å². The maximum atomic E-state index is 9.99. The molecule has 4 N–H and O–H groups in total. The number of aliphatic hydroxyl groups excluding tert-OH is 3. The Morgan fingerprint density at radius 2 is 1.84 bits per heavy atom. The molecule has 0 aromatic heterocycles. The molecule has 5 atom stereocenters. The highest BCUT2D eigenvalue weighted by atomic mass is 16.7. The molecule has 1 rings (SSSR count). The van der Waals surface area contributed by atoms with Crippen molar-refractivity contribution < 1.29 is 24.8 Å². The molecule has 1 heterocycles. The van der Waals surface area contributed by atoms with E-state index in [4.69, 9.17) is 9.47 Å². The summed E-state index contributed by atoms with van der Waals surface area (Å²) >= 11 is 0. The summed E-state index contributed by atoms with van der Waals surface area (Å²) in [4.78, 5) is 0. The summed E-state index contributed by atoms with van der Waals surface area (Å²) in [6.07, 6.45) is 4.47. The maximum absolute atomic E-state index is 9.99. The molecule has 1 fully saturated rings. The van der Waals surface area contributed by atoms with E-state index in [9.17, 15) is 15.3 Å². The van der Waals surface area contributed by atoms with Crippen LogP contribution < -0.4 is 5.32 Å². The van der Waals surface area contributed by atoms with Crippen molar-refractivity contribution >= 4 is 0 Å². The molecular formula is C19H37NO5. The number of aliphatic hydroxyl groups is 3. The van der Waals surface area contributed by atoms with Crippen LogP contribution in [0.4, 0.5) is 0 Å². The number of nitrogens with one attached hydrogen (secondary N) is 1. The molecule has 0 saturated carbocycles. The fourth-order valence-corrected chi connectivity index (χ4v) is 2.98. The molecule has 0 spiro atoms. The van der Waals surface area contributed by atoms with Crippen LogP contribution in [0.5, 0.6) is 0 Å². The number of unbranched alkanes of at least 4 members (excludes halogenated alkanes) is 4. The van der Waals surface area contributed by atoms with Crippen LogP contribution >= 0.6 is 0 Å². The third-order valence-electron chi connectivity index (χ3n) is 4.75. The molecule has 0 aliphatic carbocycles. The molecule has 5 unspecified atom stereocenters. The second-order valence-electron chi connectivity index (χ2n) is 6.98. The van der Waals surface area contributed by atoms with Crippen molar-refractivity contribution in [2.75, 3.05) is 19.8 Å². The van der Waals surface area contributed by atoms with Crippen LogP contribution in [-0.2, 0) is 9.47 Å². The lowest BCUT2D eigenvalue weighted by atomic mass is 9.92. The molecule has 0 bridgehead atoms. The van der Waals surface area contributed by atoms with E-state index in [1.165, 1.54) is 32.1 Å². The van der Waals surface area contributed by atoms with Crippen LogP contribution in [0.3, 0.4) is 0 Å². The smallest absolute Gasteiger partial charge is 0.163 e. The number of hydrogen-bond donors (Lipinski definition) is 4.